The zero-order valence-electron chi connectivity index (χ0n) is 20.8. The molecule has 3 aromatic carbocycles. The number of carbonyl (C=O) groups excluding carboxylic acids is 2. The van der Waals surface area contributed by atoms with Crippen LogP contribution < -0.4 is 10.1 Å². The summed E-state index contributed by atoms with van der Waals surface area (Å²) >= 11 is 3.49. The zero-order valence-corrected chi connectivity index (χ0v) is 22.3. The van der Waals surface area contributed by atoms with Crippen molar-refractivity contribution in [2.24, 2.45) is 0 Å². The van der Waals surface area contributed by atoms with Gasteiger partial charge in [-0.2, -0.15) is 0 Å². The van der Waals surface area contributed by atoms with Gasteiger partial charge in [0.1, 0.15) is 11.8 Å². The first-order valence-corrected chi connectivity index (χ1v) is 12.6. The predicted molar refractivity (Wildman–Crippen MR) is 143 cm³/mol. The van der Waals surface area contributed by atoms with Crippen LogP contribution in [-0.2, 0) is 22.6 Å². The van der Waals surface area contributed by atoms with Gasteiger partial charge in [-0.1, -0.05) is 70.5 Å². The molecule has 0 heterocycles. The monoisotopic (exact) mass is 536 g/mol. The highest BCUT2D eigenvalue weighted by atomic mass is 79.9. The minimum atomic E-state index is -0.679. The van der Waals surface area contributed by atoms with Gasteiger partial charge >= 0.3 is 0 Å². The first-order chi connectivity index (χ1) is 16.7. The molecule has 184 valence electrons. The van der Waals surface area contributed by atoms with Crippen LogP contribution in [0.4, 0.5) is 0 Å². The molecule has 0 saturated carbocycles. The van der Waals surface area contributed by atoms with Crippen LogP contribution in [0.15, 0.2) is 77.3 Å². The van der Waals surface area contributed by atoms with E-state index in [4.69, 9.17) is 4.74 Å². The molecule has 6 heteroatoms. The van der Waals surface area contributed by atoms with Crippen molar-refractivity contribution < 1.29 is 14.3 Å². The summed E-state index contributed by atoms with van der Waals surface area (Å²) in [5.74, 6) is 0.195. The summed E-state index contributed by atoms with van der Waals surface area (Å²) in [6.45, 7) is 7.98. The second-order valence-corrected chi connectivity index (χ2v) is 9.87. The van der Waals surface area contributed by atoms with Crippen molar-refractivity contribution in [1.82, 2.24) is 10.2 Å². The van der Waals surface area contributed by atoms with Crippen molar-refractivity contribution in [3.05, 3.63) is 99.5 Å². The molecule has 5 nitrogen and oxygen atoms in total. The number of ether oxygens (including phenoxy) is 1. The number of amides is 2. The third kappa shape index (κ3) is 7.69. The first-order valence-electron chi connectivity index (χ1n) is 11.8. The number of rotatable bonds is 10. The Morgan fingerprint density at radius 1 is 0.943 bits per heavy atom. The number of benzene rings is 3. The van der Waals surface area contributed by atoms with Crippen LogP contribution in [0.5, 0.6) is 5.75 Å². The van der Waals surface area contributed by atoms with Crippen LogP contribution >= 0.6 is 15.9 Å². The number of nitrogens with zero attached hydrogens (tertiary/aromatic N) is 1. The number of halogens is 1. The average molecular weight is 537 g/mol. The fourth-order valence-electron chi connectivity index (χ4n) is 3.84. The Bertz CT molecular complexity index is 1150. The number of hydrogen-bond donors (Lipinski definition) is 1. The lowest BCUT2D eigenvalue weighted by atomic mass is 10.0. The van der Waals surface area contributed by atoms with Gasteiger partial charge in [0.05, 0.1) is 0 Å². The van der Waals surface area contributed by atoms with E-state index in [1.807, 2.05) is 100 Å². The van der Waals surface area contributed by atoms with Gasteiger partial charge in [-0.3, -0.25) is 9.59 Å². The SMILES string of the molecule is Cc1cc(OCC(=O)N(Cc2ccccc2C)C(Cc2ccccc2)C(=O)NC(C)C)ccc1Br. The normalized spacial score (nSPS) is 11.7. The molecule has 1 N–H and O–H groups in total. The highest BCUT2D eigenvalue weighted by molar-refractivity contribution is 9.10. The summed E-state index contributed by atoms with van der Waals surface area (Å²) < 4.78 is 6.85. The van der Waals surface area contributed by atoms with E-state index in [0.717, 1.165) is 26.7 Å². The summed E-state index contributed by atoms with van der Waals surface area (Å²) in [5.41, 5.74) is 4.07. The van der Waals surface area contributed by atoms with E-state index in [-0.39, 0.29) is 24.5 Å². The minimum Gasteiger partial charge on any atom is -0.484 e. The van der Waals surface area contributed by atoms with E-state index in [9.17, 15) is 9.59 Å². The molecule has 0 spiro atoms. The number of aryl methyl sites for hydroxylation is 2. The molecule has 0 aliphatic carbocycles. The van der Waals surface area contributed by atoms with E-state index in [1.165, 1.54) is 0 Å². The molecule has 0 aliphatic rings. The fourth-order valence-corrected chi connectivity index (χ4v) is 4.09. The van der Waals surface area contributed by atoms with E-state index in [1.54, 1.807) is 4.90 Å². The smallest absolute Gasteiger partial charge is 0.261 e. The number of hydrogen-bond acceptors (Lipinski definition) is 3. The standard InChI is InChI=1S/C29H33BrN2O3/c1-20(2)31-29(34)27(17-23-11-6-5-7-12-23)32(18-24-13-9-8-10-21(24)3)28(33)19-35-25-14-15-26(30)22(4)16-25/h5-16,20,27H,17-19H2,1-4H3,(H,31,34). The third-order valence-electron chi connectivity index (χ3n) is 5.80. The lowest BCUT2D eigenvalue weighted by molar-refractivity contribution is -0.143. The predicted octanol–water partition coefficient (Wildman–Crippen LogP) is 5.61. The molecular weight excluding hydrogens is 504 g/mol. The molecule has 3 aromatic rings. The second kappa shape index (κ2) is 12.5. The van der Waals surface area contributed by atoms with Crippen LogP contribution in [0.25, 0.3) is 0 Å². The molecular formula is C29H33BrN2O3. The quantitative estimate of drug-likeness (QED) is 0.366. The lowest BCUT2D eigenvalue weighted by Crippen LogP contribution is -2.52. The van der Waals surface area contributed by atoms with E-state index in [2.05, 4.69) is 21.2 Å². The van der Waals surface area contributed by atoms with Crippen molar-refractivity contribution in [3.8, 4) is 5.75 Å². The van der Waals surface area contributed by atoms with Gasteiger partial charge in [0.15, 0.2) is 6.61 Å². The Hall–Kier alpha value is -3.12. The molecule has 0 saturated heterocycles. The molecule has 0 bridgehead atoms. The van der Waals surface area contributed by atoms with Gasteiger partial charge in [0.25, 0.3) is 5.91 Å². The maximum absolute atomic E-state index is 13.6. The molecule has 0 aliphatic heterocycles. The minimum absolute atomic E-state index is 0.0434. The largest absolute Gasteiger partial charge is 0.484 e. The van der Waals surface area contributed by atoms with Gasteiger partial charge < -0.3 is 15.0 Å². The molecule has 2 amide bonds. The number of nitrogens with one attached hydrogen (secondary N) is 1. The molecule has 35 heavy (non-hydrogen) atoms. The third-order valence-corrected chi connectivity index (χ3v) is 6.69. The molecule has 1 atom stereocenters. The van der Waals surface area contributed by atoms with E-state index >= 15 is 0 Å². The van der Waals surface area contributed by atoms with Crippen molar-refractivity contribution in [2.75, 3.05) is 6.61 Å². The van der Waals surface area contributed by atoms with Gasteiger partial charge in [-0.15, -0.1) is 0 Å². The second-order valence-electron chi connectivity index (χ2n) is 9.02. The van der Waals surface area contributed by atoms with Crippen molar-refractivity contribution in [2.45, 2.75) is 52.7 Å². The maximum Gasteiger partial charge on any atom is 0.261 e. The molecule has 0 radical (unpaired) electrons. The first kappa shape index (κ1) is 26.5. The zero-order chi connectivity index (χ0) is 25.4. The van der Waals surface area contributed by atoms with Crippen LogP contribution in [0, 0.1) is 13.8 Å². The molecule has 3 rings (SSSR count). The summed E-state index contributed by atoms with van der Waals surface area (Å²) in [6.07, 6.45) is 0.411. The molecule has 1 unspecified atom stereocenters. The van der Waals surface area contributed by atoms with E-state index < -0.39 is 6.04 Å². The summed E-state index contributed by atoms with van der Waals surface area (Å²) in [7, 11) is 0. The number of carbonyl (C=O) groups is 2. The van der Waals surface area contributed by atoms with Crippen molar-refractivity contribution >= 4 is 27.7 Å². The van der Waals surface area contributed by atoms with Crippen LogP contribution in [0.3, 0.4) is 0 Å². The Labute approximate surface area is 216 Å². The van der Waals surface area contributed by atoms with Gasteiger partial charge in [0, 0.05) is 23.5 Å². The van der Waals surface area contributed by atoms with Gasteiger partial charge in [-0.25, -0.2) is 0 Å². The highest BCUT2D eigenvalue weighted by Gasteiger charge is 2.31. The Morgan fingerprint density at radius 3 is 2.29 bits per heavy atom. The maximum atomic E-state index is 13.6. The van der Waals surface area contributed by atoms with Gasteiger partial charge in [-0.05, 0) is 68.1 Å². The topological polar surface area (TPSA) is 58.6 Å². The Kier molecular flexibility index (Phi) is 9.49. The Morgan fingerprint density at radius 2 is 1.63 bits per heavy atom. The lowest BCUT2D eigenvalue weighted by Gasteiger charge is -2.32. The average Bonchev–Trinajstić information content (AvgIpc) is 2.83. The van der Waals surface area contributed by atoms with Crippen LogP contribution in [0.1, 0.15) is 36.1 Å². The molecule has 0 fully saturated rings. The summed E-state index contributed by atoms with van der Waals surface area (Å²) in [6, 6.07) is 22.6. The van der Waals surface area contributed by atoms with E-state index in [0.29, 0.717) is 18.7 Å². The fraction of sp³-hybridized carbons (Fsp3) is 0.310. The van der Waals surface area contributed by atoms with Gasteiger partial charge in [0.2, 0.25) is 5.91 Å². The van der Waals surface area contributed by atoms with Crippen molar-refractivity contribution in [1.29, 1.82) is 0 Å². The highest BCUT2D eigenvalue weighted by Crippen LogP contribution is 2.22. The summed E-state index contributed by atoms with van der Waals surface area (Å²) in [4.78, 5) is 28.7. The van der Waals surface area contributed by atoms with Crippen molar-refractivity contribution in [3.63, 3.8) is 0 Å². The van der Waals surface area contributed by atoms with Crippen LogP contribution in [0.2, 0.25) is 0 Å². The van der Waals surface area contributed by atoms with Crippen LogP contribution in [-0.4, -0.2) is 35.4 Å². The molecule has 0 aromatic heterocycles. The summed E-state index contributed by atoms with van der Waals surface area (Å²) in [5, 5.41) is 3.01. The Balaban J connectivity index is 1.92.